The van der Waals surface area contributed by atoms with Crippen molar-refractivity contribution in [1.29, 1.82) is 0 Å². The van der Waals surface area contributed by atoms with E-state index in [1.165, 1.54) is 11.1 Å². The summed E-state index contributed by atoms with van der Waals surface area (Å²) in [6.45, 7) is 8.44. The Balaban J connectivity index is 1.80. The molecule has 0 bridgehead atoms. The van der Waals surface area contributed by atoms with Crippen LogP contribution in [0.25, 0.3) is 0 Å². The molecular formula is C20H28O3. The minimum Gasteiger partial charge on any atom is -0.450 e. The molecule has 0 aromatic rings. The van der Waals surface area contributed by atoms with Crippen molar-refractivity contribution >= 4 is 5.97 Å². The van der Waals surface area contributed by atoms with Gasteiger partial charge in [-0.15, -0.1) is 0 Å². The zero-order valence-electron chi connectivity index (χ0n) is 14.8. The highest BCUT2D eigenvalue weighted by atomic mass is 16.6. The molecule has 1 fully saturated rings. The van der Waals surface area contributed by atoms with Crippen LogP contribution in [0.3, 0.4) is 0 Å². The summed E-state index contributed by atoms with van der Waals surface area (Å²) in [6.07, 6.45) is 10.8. The Morgan fingerprint density at radius 3 is 2.70 bits per heavy atom. The molecule has 2 heterocycles. The molecular weight excluding hydrogens is 288 g/mol. The SMILES string of the molecule is CC1=CCC[C@]2(C)O[C@H]2CCC(C)=C[C@@H]2OC(=O)C(C)=C2CC1. The lowest BCUT2D eigenvalue weighted by molar-refractivity contribution is -0.138. The highest BCUT2D eigenvalue weighted by Gasteiger charge is 2.50. The molecule has 1 saturated heterocycles. The summed E-state index contributed by atoms with van der Waals surface area (Å²) in [5.74, 6) is -0.155. The molecule has 0 saturated carbocycles. The lowest BCUT2D eigenvalue weighted by Crippen LogP contribution is -2.11. The molecule has 0 spiro atoms. The second-order valence-electron chi connectivity index (χ2n) is 7.54. The first-order valence-corrected chi connectivity index (χ1v) is 8.80. The third-order valence-corrected chi connectivity index (χ3v) is 5.56. The lowest BCUT2D eigenvalue weighted by atomic mass is 9.93. The Morgan fingerprint density at radius 1 is 1.13 bits per heavy atom. The van der Waals surface area contributed by atoms with Crippen molar-refractivity contribution in [3.05, 3.63) is 34.4 Å². The maximum atomic E-state index is 11.9. The molecule has 3 rings (SSSR count). The van der Waals surface area contributed by atoms with Crippen LogP contribution < -0.4 is 0 Å². The zero-order valence-corrected chi connectivity index (χ0v) is 14.8. The Labute approximate surface area is 139 Å². The van der Waals surface area contributed by atoms with E-state index in [0.29, 0.717) is 6.10 Å². The molecule has 0 N–H and O–H groups in total. The predicted molar refractivity (Wildman–Crippen MR) is 91.1 cm³/mol. The van der Waals surface area contributed by atoms with Crippen molar-refractivity contribution < 1.29 is 14.3 Å². The van der Waals surface area contributed by atoms with Crippen molar-refractivity contribution in [2.45, 2.75) is 84.0 Å². The van der Waals surface area contributed by atoms with Crippen LogP contribution in [0.2, 0.25) is 0 Å². The first-order valence-electron chi connectivity index (χ1n) is 8.80. The van der Waals surface area contributed by atoms with Crippen LogP contribution in [-0.2, 0) is 14.3 Å². The molecule has 2 aliphatic heterocycles. The number of esters is 1. The van der Waals surface area contributed by atoms with E-state index >= 15 is 0 Å². The number of allylic oxidation sites excluding steroid dienone is 3. The number of rotatable bonds is 0. The third kappa shape index (κ3) is 3.60. The minimum absolute atomic E-state index is 0.0721. The van der Waals surface area contributed by atoms with Gasteiger partial charge in [0, 0.05) is 5.57 Å². The smallest absolute Gasteiger partial charge is 0.334 e. The van der Waals surface area contributed by atoms with E-state index in [4.69, 9.17) is 9.47 Å². The predicted octanol–water partition coefficient (Wildman–Crippen LogP) is 4.63. The van der Waals surface area contributed by atoms with Crippen LogP contribution in [0.15, 0.2) is 34.4 Å². The summed E-state index contributed by atoms with van der Waals surface area (Å²) >= 11 is 0. The standard InChI is InChI=1S/C20H28O3/c1-13-6-5-11-20(4)18(23-20)10-8-14(2)12-17-16(9-7-13)15(3)19(21)22-17/h6,12,17-18H,5,7-11H2,1-4H3/t17-,18-,20-/m0/s1. The molecule has 0 amide bonds. The Morgan fingerprint density at radius 2 is 1.91 bits per heavy atom. The highest BCUT2D eigenvalue weighted by molar-refractivity contribution is 5.92. The first kappa shape index (κ1) is 16.5. The molecule has 23 heavy (non-hydrogen) atoms. The summed E-state index contributed by atoms with van der Waals surface area (Å²) < 4.78 is 11.5. The van der Waals surface area contributed by atoms with Crippen LogP contribution in [0.1, 0.15) is 66.2 Å². The quantitative estimate of drug-likeness (QED) is 0.371. The van der Waals surface area contributed by atoms with Crippen LogP contribution in [-0.4, -0.2) is 23.8 Å². The minimum atomic E-state index is -0.162. The Kier molecular flexibility index (Phi) is 4.50. The van der Waals surface area contributed by atoms with E-state index in [9.17, 15) is 4.79 Å². The summed E-state index contributed by atoms with van der Waals surface area (Å²) in [4.78, 5) is 11.9. The van der Waals surface area contributed by atoms with Gasteiger partial charge in [0.1, 0.15) is 6.10 Å². The van der Waals surface area contributed by atoms with E-state index in [0.717, 1.165) is 49.7 Å². The Hall–Kier alpha value is -1.35. The average molecular weight is 316 g/mol. The van der Waals surface area contributed by atoms with Gasteiger partial charge in [0.15, 0.2) is 0 Å². The van der Waals surface area contributed by atoms with Crippen molar-refractivity contribution in [2.75, 3.05) is 0 Å². The van der Waals surface area contributed by atoms with Gasteiger partial charge in [-0.3, -0.25) is 0 Å². The maximum Gasteiger partial charge on any atom is 0.334 e. The van der Waals surface area contributed by atoms with Gasteiger partial charge in [-0.2, -0.15) is 0 Å². The molecule has 126 valence electrons. The van der Waals surface area contributed by atoms with Crippen LogP contribution in [0, 0.1) is 0 Å². The van der Waals surface area contributed by atoms with E-state index in [1.807, 2.05) is 6.92 Å². The summed E-state index contributed by atoms with van der Waals surface area (Å²) in [5.41, 5.74) is 4.71. The molecule has 0 radical (unpaired) electrons. The van der Waals surface area contributed by atoms with Gasteiger partial charge in [-0.25, -0.2) is 4.79 Å². The maximum absolute atomic E-state index is 11.9. The fourth-order valence-electron chi connectivity index (χ4n) is 3.70. The number of carbonyl (C=O) groups is 1. The summed E-state index contributed by atoms with van der Waals surface area (Å²) in [7, 11) is 0. The van der Waals surface area contributed by atoms with Gasteiger partial charge in [-0.05, 0) is 77.9 Å². The van der Waals surface area contributed by atoms with Crippen molar-refractivity contribution in [3.8, 4) is 0 Å². The molecule has 3 heteroatoms. The summed E-state index contributed by atoms with van der Waals surface area (Å²) in [6, 6.07) is 0. The molecule has 3 aliphatic rings. The van der Waals surface area contributed by atoms with Gasteiger partial charge >= 0.3 is 5.97 Å². The number of hydrogen-bond donors (Lipinski definition) is 0. The highest BCUT2D eigenvalue weighted by Crippen LogP contribution is 2.44. The average Bonchev–Trinajstić information content (AvgIpc) is 3.06. The molecule has 3 nitrogen and oxygen atoms in total. The molecule has 0 unspecified atom stereocenters. The number of epoxide rings is 1. The van der Waals surface area contributed by atoms with E-state index in [-0.39, 0.29) is 17.7 Å². The lowest BCUT2D eigenvalue weighted by Gasteiger charge is -2.13. The van der Waals surface area contributed by atoms with Gasteiger partial charge in [-0.1, -0.05) is 17.2 Å². The largest absolute Gasteiger partial charge is 0.450 e. The third-order valence-electron chi connectivity index (χ3n) is 5.56. The topological polar surface area (TPSA) is 38.8 Å². The second kappa shape index (κ2) is 6.27. The molecule has 0 aromatic heterocycles. The van der Waals surface area contributed by atoms with Gasteiger partial charge in [0.05, 0.1) is 11.7 Å². The molecule has 0 aromatic carbocycles. The van der Waals surface area contributed by atoms with E-state index in [2.05, 4.69) is 32.9 Å². The fraction of sp³-hybridized carbons (Fsp3) is 0.650. The fourth-order valence-corrected chi connectivity index (χ4v) is 3.70. The van der Waals surface area contributed by atoms with Crippen LogP contribution in [0.5, 0.6) is 0 Å². The van der Waals surface area contributed by atoms with Crippen LogP contribution in [0.4, 0.5) is 0 Å². The van der Waals surface area contributed by atoms with Crippen LogP contribution >= 0.6 is 0 Å². The Bertz CT molecular complexity index is 596. The number of ether oxygens (including phenoxy) is 2. The number of carbonyl (C=O) groups excluding carboxylic acids is 1. The van der Waals surface area contributed by atoms with E-state index < -0.39 is 0 Å². The number of fused-ring (bicyclic) bond motifs is 2. The van der Waals surface area contributed by atoms with Crippen molar-refractivity contribution in [1.82, 2.24) is 0 Å². The first-order chi connectivity index (χ1) is 10.9. The monoisotopic (exact) mass is 316 g/mol. The van der Waals surface area contributed by atoms with Crippen molar-refractivity contribution in [3.63, 3.8) is 0 Å². The normalized spacial score (nSPS) is 35.6. The molecule has 1 aliphatic carbocycles. The summed E-state index contributed by atoms with van der Waals surface area (Å²) in [5, 5.41) is 0. The second-order valence-corrected chi connectivity index (χ2v) is 7.54. The molecule has 3 atom stereocenters. The van der Waals surface area contributed by atoms with Gasteiger partial charge in [0.25, 0.3) is 0 Å². The van der Waals surface area contributed by atoms with Crippen molar-refractivity contribution in [2.24, 2.45) is 0 Å². The van der Waals surface area contributed by atoms with E-state index in [1.54, 1.807) is 0 Å². The zero-order chi connectivity index (χ0) is 16.6. The van der Waals surface area contributed by atoms with Gasteiger partial charge < -0.3 is 9.47 Å². The number of hydrogen-bond acceptors (Lipinski definition) is 3. The van der Waals surface area contributed by atoms with Gasteiger partial charge in [0.2, 0.25) is 0 Å².